The van der Waals surface area contributed by atoms with Crippen molar-refractivity contribution in [1.29, 1.82) is 0 Å². The normalized spacial score (nSPS) is 19.9. The van der Waals surface area contributed by atoms with Crippen molar-refractivity contribution >= 4 is 5.91 Å². The fourth-order valence-corrected chi connectivity index (χ4v) is 3.83. The van der Waals surface area contributed by atoms with Crippen LogP contribution in [-0.4, -0.2) is 40.5 Å². The second kappa shape index (κ2) is 7.03. The highest BCUT2D eigenvalue weighted by Crippen LogP contribution is 2.25. The van der Waals surface area contributed by atoms with Gasteiger partial charge in [0.15, 0.2) is 0 Å². The second-order valence-electron chi connectivity index (χ2n) is 7.06. The van der Waals surface area contributed by atoms with E-state index in [2.05, 4.69) is 22.1 Å². The van der Waals surface area contributed by atoms with E-state index in [-0.39, 0.29) is 17.6 Å². The van der Waals surface area contributed by atoms with Crippen molar-refractivity contribution in [3.05, 3.63) is 62.8 Å². The van der Waals surface area contributed by atoms with Gasteiger partial charge in [-0.2, -0.15) is 0 Å². The van der Waals surface area contributed by atoms with Crippen LogP contribution in [0.25, 0.3) is 0 Å². The summed E-state index contributed by atoms with van der Waals surface area (Å²) in [6.07, 6.45) is 4.22. The van der Waals surface area contributed by atoms with Gasteiger partial charge in [0.05, 0.1) is 18.8 Å². The molecule has 0 spiro atoms. The number of H-pyrrole nitrogens is 1. The van der Waals surface area contributed by atoms with Gasteiger partial charge in [-0.1, -0.05) is 6.07 Å². The number of amides is 1. The van der Waals surface area contributed by atoms with E-state index in [0.29, 0.717) is 31.2 Å². The highest BCUT2D eigenvalue weighted by Gasteiger charge is 2.28. The average molecular weight is 353 g/mol. The Kier molecular flexibility index (Phi) is 4.59. The standard InChI is InChI=1S/C20H23N3O3/c1-13-21-17(11-19(24)22-13)18-12-23(8-9-26-18)20(25)16-7-6-14-4-2-3-5-15(14)10-16/h6-7,10-11,18H,2-5,8-9,12H2,1H3,(H,21,22,24)/t18-/m1/s1. The van der Waals surface area contributed by atoms with Crippen LogP contribution in [0.3, 0.4) is 0 Å². The van der Waals surface area contributed by atoms with Gasteiger partial charge in [0, 0.05) is 18.2 Å². The lowest BCUT2D eigenvalue weighted by Gasteiger charge is -2.33. The number of aromatic nitrogens is 2. The molecule has 0 radical (unpaired) electrons. The van der Waals surface area contributed by atoms with Gasteiger partial charge in [-0.05, 0) is 55.9 Å². The zero-order valence-electron chi connectivity index (χ0n) is 15.0. The summed E-state index contributed by atoms with van der Waals surface area (Å²) in [4.78, 5) is 33.5. The van der Waals surface area contributed by atoms with E-state index in [0.717, 1.165) is 18.4 Å². The van der Waals surface area contributed by atoms with Gasteiger partial charge in [-0.3, -0.25) is 9.59 Å². The molecule has 1 aliphatic carbocycles. The average Bonchev–Trinajstić information content (AvgIpc) is 2.66. The van der Waals surface area contributed by atoms with Gasteiger partial charge >= 0.3 is 0 Å². The van der Waals surface area contributed by atoms with E-state index in [1.54, 1.807) is 11.8 Å². The highest BCUT2D eigenvalue weighted by molar-refractivity contribution is 5.94. The van der Waals surface area contributed by atoms with Gasteiger partial charge in [0.1, 0.15) is 11.9 Å². The molecule has 1 aromatic carbocycles. The monoisotopic (exact) mass is 353 g/mol. The fourth-order valence-electron chi connectivity index (χ4n) is 3.83. The molecule has 1 fully saturated rings. The number of nitrogens with one attached hydrogen (secondary N) is 1. The van der Waals surface area contributed by atoms with Gasteiger partial charge in [0.2, 0.25) is 0 Å². The van der Waals surface area contributed by atoms with Gasteiger partial charge in [-0.25, -0.2) is 4.98 Å². The van der Waals surface area contributed by atoms with Crippen LogP contribution < -0.4 is 5.56 Å². The van der Waals surface area contributed by atoms with Crippen LogP contribution in [0.4, 0.5) is 0 Å². The van der Waals surface area contributed by atoms with E-state index in [1.165, 1.54) is 30.0 Å². The third-order valence-electron chi connectivity index (χ3n) is 5.16. The molecular formula is C20H23N3O3. The summed E-state index contributed by atoms with van der Waals surface area (Å²) in [6.45, 7) is 3.14. The minimum Gasteiger partial charge on any atom is -0.368 e. The molecule has 6 heteroatoms. The topological polar surface area (TPSA) is 75.3 Å². The van der Waals surface area contributed by atoms with Crippen molar-refractivity contribution in [3.63, 3.8) is 0 Å². The molecule has 1 N–H and O–H groups in total. The minimum absolute atomic E-state index is 0.0215. The number of nitrogens with zero attached hydrogens (tertiary/aromatic N) is 2. The summed E-state index contributed by atoms with van der Waals surface area (Å²) >= 11 is 0. The van der Waals surface area contributed by atoms with Crippen molar-refractivity contribution in [2.75, 3.05) is 19.7 Å². The molecule has 0 bridgehead atoms. The van der Waals surface area contributed by atoms with E-state index in [9.17, 15) is 9.59 Å². The summed E-state index contributed by atoms with van der Waals surface area (Å²) in [6, 6.07) is 7.54. The largest absolute Gasteiger partial charge is 0.368 e. The van der Waals surface area contributed by atoms with Crippen LogP contribution in [-0.2, 0) is 17.6 Å². The Morgan fingerprint density at radius 2 is 2.04 bits per heavy atom. The number of aryl methyl sites for hydroxylation is 3. The Morgan fingerprint density at radius 1 is 1.23 bits per heavy atom. The minimum atomic E-state index is -0.369. The Balaban J connectivity index is 1.54. The zero-order chi connectivity index (χ0) is 18.1. The van der Waals surface area contributed by atoms with Crippen LogP contribution in [0.1, 0.15) is 51.9 Å². The van der Waals surface area contributed by atoms with Gasteiger partial charge in [-0.15, -0.1) is 0 Å². The number of fused-ring (bicyclic) bond motifs is 1. The Hall–Kier alpha value is -2.47. The van der Waals surface area contributed by atoms with Crippen LogP contribution in [0, 0.1) is 6.92 Å². The van der Waals surface area contributed by atoms with Crippen LogP contribution in [0.5, 0.6) is 0 Å². The van der Waals surface area contributed by atoms with E-state index >= 15 is 0 Å². The lowest BCUT2D eigenvalue weighted by Crippen LogP contribution is -2.42. The van der Waals surface area contributed by atoms with Gasteiger partial charge in [0.25, 0.3) is 11.5 Å². The lowest BCUT2D eigenvalue weighted by atomic mass is 9.90. The second-order valence-corrected chi connectivity index (χ2v) is 7.06. The van der Waals surface area contributed by atoms with Crippen LogP contribution in [0.2, 0.25) is 0 Å². The first-order valence-electron chi connectivity index (χ1n) is 9.21. The summed E-state index contributed by atoms with van der Waals surface area (Å²) in [7, 11) is 0. The maximum Gasteiger partial charge on any atom is 0.254 e. The van der Waals surface area contributed by atoms with Crippen molar-refractivity contribution in [2.24, 2.45) is 0 Å². The Morgan fingerprint density at radius 3 is 2.85 bits per heavy atom. The summed E-state index contributed by atoms with van der Waals surface area (Å²) < 4.78 is 5.77. The molecule has 0 saturated carbocycles. The SMILES string of the molecule is Cc1nc([C@H]2CN(C(=O)c3ccc4c(c3)CCCC4)CCO2)cc(=O)[nH]1. The maximum atomic E-state index is 13.0. The van der Waals surface area contributed by atoms with Crippen LogP contribution in [0.15, 0.2) is 29.1 Å². The van der Waals surface area contributed by atoms with Gasteiger partial charge < -0.3 is 14.6 Å². The number of ether oxygens (including phenoxy) is 1. The number of aromatic amines is 1. The quantitative estimate of drug-likeness (QED) is 0.898. The zero-order valence-corrected chi connectivity index (χ0v) is 15.0. The molecule has 1 saturated heterocycles. The third kappa shape index (κ3) is 3.42. The molecule has 1 atom stereocenters. The molecular weight excluding hydrogens is 330 g/mol. The predicted octanol–water partition coefficient (Wildman–Crippen LogP) is 2.17. The summed E-state index contributed by atoms with van der Waals surface area (Å²) in [5.74, 6) is 0.572. The number of hydrogen-bond acceptors (Lipinski definition) is 4. The number of benzene rings is 1. The molecule has 1 aliphatic heterocycles. The van der Waals surface area contributed by atoms with Crippen LogP contribution >= 0.6 is 0 Å². The van der Waals surface area contributed by atoms with Crippen molar-refractivity contribution < 1.29 is 9.53 Å². The molecule has 1 amide bonds. The molecule has 0 unspecified atom stereocenters. The predicted molar refractivity (Wildman–Crippen MR) is 97.3 cm³/mol. The molecule has 2 aliphatic rings. The molecule has 2 heterocycles. The number of carbonyl (C=O) groups is 1. The smallest absolute Gasteiger partial charge is 0.254 e. The molecule has 26 heavy (non-hydrogen) atoms. The first kappa shape index (κ1) is 17.0. The molecule has 1 aromatic heterocycles. The summed E-state index contributed by atoms with van der Waals surface area (Å²) in [5, 5.41) is 0. The van der Waals surface area contributed by atoms with Crippen molar-refractivity contribution in [3.8, 4) is 0 Å². The highest BCUT2D eigenvalue weighted by atomic mass is 16.5. The summed E-state index contributed by atoms with van der Waals surface area (Å²) in [5.41, 5.74) is 3.79. The maximum absolute atomic E-state index is 13.0. The number of morpholine rings is 1. The van der Waals surface area contributed by atoms with E-state index in [1.807, 2.05) is 6.07 Å². The Bertz CT molecular complexity index is 890. The first-order valence-corrected chi connectivity index (χ1v) is 9.21. The fraction of sp³-hybridized carbons (Fsp3) is 0.450. The number of rotatable bonds is 2. The third-order valence-corrected chi connectivity index (χ3v) is 5.16. The number of hydrogen-bond donors (Lipinski definition) is 1. The van der Waals surface area contributed by atoms with E-state index < -0.39 is 0 Å². The molecule has 6 nitrogen and oxygen atoms in total. The van der Waals surface area contributed by atoms with Crippen molar-refractivity contribution in [2.45, 2.75) is 38.7 Å². The van der Waals surface area contributed by atoms with Crippen molar-refractivity contribution in [1.82, 2.24) is 14.9 Å². The lowest BCUT2D eigenvalue weighted by molar-refractivity contribution is -0.0249. The number of carbonyl (C=O) groups excluding carboxylic acids is 1. The first-order chi connectivity index (χ1) is 12.6. The van der Waals surface area contributed by atoms with E-state index in [4.69, 9.17) is 4.74 Å². The molecule has 2 aromatic rings. The molecule has 136 valence electrons. The molecule has 4 rings (SSSR count). The Labute approximate surface area is 152 Å².